The number of carbonyl (C=O) groups is 2. The topological polar surface area (TPSA) is 73.9 Å². The lowest BCUT2D eigenvalue weighted by Gasteiger charge is -2.27. The van der Waals surface area contributed by atoms with E-state index >= 15 is 0 Å². The molecule has 0 heterocycles. The number of rotatable bonds is 7. The molecule has 1 aromatic rings. The van der Waals surface area contributed by atoms with Crippen LogP contribution in [0, 0.1) is 0 Å². The third kappa shape index (κ3) is 10.7. The quantitative estimate of drug-likeness (QED) is 0.412. The fraction of sp³-hybridized carbons (Fsp3) is 0.526. The van der Waals surface area contributed by atoms with Gasteiger partial charge in [-0.25, -0.2) is 4.79 Å². The first-order chi connectivity index (χ1) is 12.4. The third-order valence-corrected chi connectivity index (χ3v) is 4.34. The van der Waals surface area contributed by atoms with Crippen molar-refractivity contribution in [1.82, 2.24) is 5.32 Å². The highest BCUT2D eigenvalue weighted by atomic mass is 32.1. The minimum atomic E-state index is -1.99. The van der Waals surface area contributed by atoms with Gasteiger partial charge in [0.15, 0.2) is 5.05 Å². The molecule has 6 nitrogen and oxygen atoms in total. The van der Waals surface area contributed by atoms with Crippen LogP contribution in [0.3, 0.4) is 0 Å². The largest absolute Gasteiger partial charge is 0.538 e. The average molecular weight is 412 g/mol. The normalized spacial score (nSPS) is 12.7. The summed E-state index contributed by atoms with van der Waals surface area (Å²) in [6.07, 6.45) is -0.792. The Hall–Kier alpha value is -1.93. The first kappa shape index (κ1) is 23.1. The minimum Gasteiger partial charge on any atom is -0.538 e. The number of benzene rings is 1. The molecule has 0 spiro atoms. The summed E-state index contributed by atoms with van der Waals surface area (Å²) in [6.45, 7) is 11.3. The maximum Gasteiger partial charge on any atom is 0.408 e. The molecule has 1 N–H and O–H groups in total. The van der Waals surface area contributed by atoms with Gasteiger partial charge in [-0.1, -0.05) is 30.3 Å². The SMILES string of the molecule is CC(C)(C)OC(=O)NC(CC(=O)OCc1ccccc1)C(=S)O[Si](C)(C)C. The van der Waals surface area contributed by atoms with Crippen LogP contribution in [0.4, 0.5) is 4.79 Å². The summed E-state index contributed by atoms with van der Waals surface area (Å²) in [5.74, 6) is -0.485. The standard InChI is InChI=1S/C19H29NO5SSi/c1-19(2,3)24-18(22)20-15(17(26)25-27(4,5)6)12-16(21)23-13-14-10-8-7-9-11-14/h7-11,15H,12-13H2,1-6H3,(H,20,22). The summed E-state index contributed by atoms with van der Waals surface area (Å²) in [7, 11) is -1.99. The van der Waals surface area contributed by atoms with Crippen LogP contribution < -0.4 is 5.32 Å². The Morgan fingerprint density at radius 1 is 1.15 bits per heavy atom. The molecule has 150 valence electrons. The van der Waals surface area contributed by atoms with E-state index in [4.69, 9.17) is 26.1 Å². The number of alkyl carbamates (subject to hydrolysis) is 1. The fourth-order valence-corrected chi connectivity index (χ4v) is 3.62. The van der Waals surface area contributed by atoms with E-state index in [1.165, 1.54) is 0 Å². The van der Waals surface area contributed by atoms with Crippen LogP contribution in [0.15, 0.2) is 30.3 Å². The van der Waals surface area contributed by atoms with E-state index in [2.05, 4.69) is 5.32 Å². The Morgan fingerprint density at radius 3 is 2.26 bits per heavy atom. The summed E-state index contributed by atoms with van der Waals surface area (Å²) in [5, 5.41) is 2.78. The second-order valence-electron chi connectivity index (χ2n) is 8.08. The maximum absolute atomic E-state index is 12.2. The molecular weight excluding hydrogens is 382 g/mol. The van der Waals surface area contributed by atoms with Gasteiger partial charge in [-0.3, -0.25) is 4.79 Å². The number of nitrogens with one attached hydrogen (secondary N) is 1. The lowest BCUT2D eigenvalue weighted by Crippen LogP contribution is -2.47. The smallest absolute Gasteiger partial charge is 0.408 e. The Bertz CT molecular complexity index is 652. The number of esters is 1. The summed E-state index contributed by atoms with van der Waals surface area (Å²) in [6, 6.07) is 8.55. The first-order valence-electron chi connectivity index (χ1n) is 8.78. The molecule has 0 radical (unpaired) electrons. The van der Waals surface area contributed by atoms with Gasteiger partial charge >= 0.3 is 12.1 Å². The van der Waals surface area contributed by atoms with Crippen molar-refractivity contribution in [2.75, 3.05) is 0 Å². The second-order valence-corrected chi connectivity index (χ2v) is 12.9. The Morgan fingerprint density at radius 2 is 1.74 bits per heavy atom. The Balaban J connectivity index is 2.72. The van der Waals surface area contributed by atoms with Gasteiger partial charge in [-0.15, -0.1) is 0 Å². The van der Waals surface area contributed by atoms with Crippen molar-refractivity contribution in [1.29, 1.82) is 0 Å². The van der Waals surface area contributed by atoms with E-state index in [0.717, 1.165) is 5.56 Å². The van der Waals surface area contributed by atoms with E-state index in [1.807, 2.05) is 50.0 Å². The number of amides is 1. The van der Waals surface area contributed by atoms with E-state index in [1.54, 1.807) is 20.8 Å². The van der Waals surface area contributed by atoms with E-state index in [0.29, 0.717) is 0 Å². The molecule has 1 amide bonds. The van der Waals surface area contributed by atoms with Gasteiger partial charge in [0.1, 0.15) is 18.2 Å². The average Bonchev–Trinajstić information content (AvgIpc) is 2.50. The van der Waals surface area contributed by atoms with E-state index < -0.39 is 32.0 Å². The lowest BCUT2D eigenvalue weighted by molar-refractivity contribution is -0.145. The summed E-state index contributed by atoms with van der Waals surface area (Å²) >= 11 is 5.31. The highest BCUT2D eigenvalue weighted by molar-refractivity contribution is 7.80. The molecule has 0 aliphatic heterocycles. The third-order valence-electron chi connectivity index (χ3n) is 3.00. The lowest BCUT2D eigenvalue weighted by atomic mass is 10.2. The van der Waals surface area contributed by atoms with Gasteiger partial charge in [0, 0.05) is 0 Å². The Kier molecular flexibility index (Phi) is 8.42. The summed E-state index contributed by atoms with van der Waals surface area (Å²) in [4.78, 5) is 24.4. The molecule has 0 aliphatic carbocycles. The molecule has 0 saturated carbocycles. The zero-order chi connectivity index (χ0) is 20.7. The van der Waals surface area contributed by atoms with Crippen molar-refractivity contribution in [3.8, 4) is 0 Å². The number of ether oxygens (including phenoxy) is 2. The molecule has 8 heteroatoms. The zero-order valence-electron chi connectivity index (χ0n) is 16.8. The van der Waals surface area contributed by atoms with Gasteiger partial charge in [0.05, 0.1) is 6.42 Å². The van der Waals surface area contributed by atoms with Gasteiger partial charge in [-0.2, -0.15) is 0 Å². The molecule has 1 atom stereocenters. The maximum atomic E-state index is 12.2. The van der Waals surface area contributed by atoms with Crippen LogP contribution in [-0.4, -0.2) is 37.1 Å². The van der Waals surface area contributed by atoms with E-state index in [9.17, 15) is 9.59 Å². The second kappa shape index (κ2) is 9.84. The molecule has 27 heavy (non-hydrogen) atoms. The Labute approximate surface area is 167 Å². The number of thiocarbonyl (C=S) groups is 1. The van der Waals surface area contributed by atoms with Crippen molar-refractivity contribution < 1.29 is 23.5 Å². The zero-order valence-corrected chi connectivity index (χ0v) is 18.6. The van der Waals surface area contributed by atoms with Crippen molar-refractivity contribution in [3.63, 3.8) is 0 Å². The monoisotopic (exact) mass is 411 g/mol. The highest BCUT2D eigenvalue weighted by Gasteiger charge is 2.29. The molecule has 0 aromatic heterocycles. The van der Waals surface area contributed by atoms with Gasteiger partial charge in [0.2, 0.25) is 8.32 Å². The summed E-state index contributed by atoms with van der Waals surface area (Å²) < 4.78 is 16.3. The molecule has 0 saturated heterocycles. The molecule has 0 fully saturated rings. The molecule has 1 unspecified atom stereocenters. The molecule has 1 rings (SSSR count). The van der Waals surface area contributed by atoms with Crippen molar-refractivity contribution in [3.05, 3.63) is 35.9 Å². The molecule has 1 aromatic carbocycles. The van der Waals surface area contributed by atoms with Crippen molar-refractivity contribution in [2.45, 2.75) is 65.1 Å². The van der Waals surface area contributed by atoms with Crippen LogP contribution in [0.1, 0.15) is 32.8 Å². The predicted molar refractivity (Wildman–Crippen MR) is 111 cm³/mol. The van der Waals surface area contributed by atoms with Crippen LogP contribution in [0.25, 0.3) is 0 Å². The first-order valence-corrected chi connectivity index (χ1v) is 12.6. The molecular formula is C19H29NO5SSi. The van der Waals surface area contributed by atoms with Crippen molar-refractivity contribution >= 4 is 37.6 Å². The van der Waals surface area contributed by atoms with Crippen LogP contribution in [0.2, 0.25) is 19.6 Å². The highest BCUT2D eigenvalue weighted by Crippen LogP contribution is 2.12. The van der Waals surface area contributed by atoms with E-state index in [-0.39, 0.29) is 18.1 Å². The van der Waals surface area contributed by atoms with Crippen LogP contribution in [-0.2, 0) is 25.3 Å². The van der Waals surface area contributed by atoms with Crippen LogP contribution in [0.5, 0.6) is 0 Å². The molecule has 0 aliphatic rings. The van der Waals surface area contributed by atoms with Gasteiger partial charge in [-0.05, 0) is 58.2 Å². The van der Waals surface area contributed by atoms with Crippen molar-refractivity contribution in [2.24, 2.45) is 0 Å². The van der Waals surface area contributed by atoms with Crippen LogP contribution >= 0.6 is 12.2 Å². The number of hydrogen-bond donors (Lipinski definition) is 1. The van der Waals surface area contributed by atoms with Gasteiger partial charge in [0.25, 0.3) is 0 Å². The predicted octanol–water partition coefficient (Wildman–Crippen LogP) is 4.19. The fourth-order valence-electron chi connectivity index (χ4n) is 1.98. The number of carbonyl (C=O) groups excluding carboxylic acids is 2. The summed E-state index contributed by atoms with van der Waals surface area (Å²) in [5.41, 5.74) is 0.215. The number of hydrogen-bond acceptors (Lipinski definition) is 6. The van der Waals surface area contributed by atoms with Gasteiger partial charge < -0.3 is 19.2 Å². The minimum absolute atomic E-state index is 0.130. The molecule has 0 bridgehead atoms.